The number of carbonyl (C=O) groups is 3. The Bertz CT molecular complexity index is 814. The van der Waals surface area contributed by atoms with Crippen LogP contribution in [0.25, 0.3) is 0 Å². The molecule has 0 aromatic carbocycles. The zero-order chi connectivity index (χ0) is 15.3. The molecule has 2 heterocycles. The van der Waals surface area contributed by atoms with Crippen LogP contribution >= 0.6 is 0 Å². The Morgan fingerprint density at radius 1 is 1.09 bits per heavy atom. The molecule has 0 amide bonds. The molecule has 22 heavy (non-hydrogen) atoms. The molecule has 3 aliphatic rings. The van der Waals surface area contributed by atoms with E-state index in [1.54, 1.807) is 24.3 Å². The molecule has 1 spiro atoms. The molecule has 1 aromatic rings. The number of rotatable bonds is 0. The molecule has 108 valence electrons. The first kappa shape index (κ1) is 12.9. The van der Waals surface area contributed by atoms with Crippen molar-refractivity contribution < 1.29 is 14.4 Å². The number of ketones is 3. The zero-order valence-electron chi connectivity index (χ0n) is 11.6. The van der Waals surface area contributed by atoms with Gasteiger partial charge in [0.15, 0.2) is 5.78 Å². The van der Waals surface area contributed by atoms with Gasteiger partial charge in [-0.15, -0.1) is 0 Å². The highest BCUT2D eigenvalue weighted by atomic mass is 16.1. The van der Waals surface area contributed by atoms with E-state index in [0.717, 1.165) is 0 Å². The number of Topliss-reactive ketones (excluding diaryl/α,β-unsaturated/α-hetero) is 2. The van der Waals surface area contributed by atoms with E-state index in [-0.39, 0.29) is 23.0 Å². The third-order valence-electron chi connectivity index (χ3n) is 4.37. The third kappa shape index (κ3) is 1.59. The standard InChI is InChI=1S/C17H12N2O3/c20-10-3-5-17(6-4-10)7-9-19-14-12(17)16(22)13-11(15(14)21)2-1-8-18-13/h1-6,8,19H,7,9H2. The molecule has 0 saturated heterocycles. The lowest BCUT2D eigenvalue weighted by Gasteiger charge is -2.38. The van der Waals surface area contributed by atoms with Crippen LogP contribution in [0.5, 0.6) is 0 Å². The van der Waals surface area contributed by atoms with Gasteiger partial charge in [-0.3, -0.25) is 19.4 Å². The van der Waals surface area contributed by atoms with Crippen LogP contribution in [0.4, 0.5) is 0 Å². The number of aromatic nitrogens is 1. The van der Waals surface area contributed by atoms with Crippen molar-refractivity contribution in [2.75, 3.05) is 6.54 Å². The van der Waals surface area contributed by atoms with E-state index in [1.165, 1.54) is 18.3 Å². The first-order chi connectivity index (χ1) is 10.6. The van der Waals surface area contributed by atoms with Gasteiger partial charge in [-0.25, -0.2) is 0 Å². The summed E-state index contributed by atoms with van der Waals surface area (Å²) in [7, 11) is 0. The molecule has 1 N–H and O–H groups in total. The molecule has 5 nitrogen and oxygen atoms in total. The lowest BCUT2D eigenvalue weighted by Crippen LogP contribution is -2.43. The molecular weight excluding hydrogens is 280 g/mol. The van der Waals surface area contributed by atoms with Crippen LogP contribution in [0.3, 0.4) is 0 Å². The molecule has 5 heteroatoms. The second-order valence-electron chi connectivity index (χ2n) is 5.59. The highest BCUT2D eigenvalue weighted by Crippen LogP contribution is 2.44. The Hall–Kier alpha value is -2.82. The lowest BCUT2D eigenvalue weighted by molar-refractivity contribution is -0.110. The number of pyridine rings is 1. The van der Waals surface area contributed by atoms with Gasteiger partial charge in [0.2, 0.25) is 11.6 Å². The van der Waals surface area contributed by atoms with Crippen molar-refractivity contribution >= 4 is 17.3 Å². The van der Waals surface area contributed by atoms with Crippen LogP contribution in [0.2, 0.25) is 0 Å². The van der Waals surface area contributed by atoms with Crippen LogP contribution in [0.1, 0.15) is 27.3 Å². The highest BCUT2D eigenvalue weighted by molar-refractivity contribution is 6.27. The number of nitrogens with zero attached hydrogens (tertiary/aromatic N) is 1. The van der Waals surface area contributed by atoms with E-state index in [1.807, 2.05) is 0 Å². The molecule has 0 bridgehead atoms. The summed E-state index contributed by atoms with van der Waals surface area (Å²) in [5.74, 6) is -0.573. The van der Waals surface area contributed by atoms with Gasteiger partial charge in [0.1, 0.15) is 5.69 Å². The zero-order valence-corrected chi connectivity index (χ0v) is 11.6. The average Bonchev–Trinajstić information content (AvgIpc) is 2.55. The van der Waals surface area contributed by atoms with Gasteiger partial charge in [0.05, 0.1) is 11.3 Å². The maximum absolute atomic E-state index is 12.9. The van der Waals surface area contributed by atoms with Gasteiger partial charge in [-0.1, -0.05) is 12.2 Å². The third-order valence-corrected chi connectivity index (χ3v) is 4.37. The molecule has 0 unspecified atom stereocenters. The van der Waals surface area contributed by atoms with Gasteiger partial charge >= 0.3 is 0 Å². The van der Waals surface area contributed by atoms with Crippen LogP contribution < -0.4 is 5.32 Å². The van der Waals surface area contributed by atoms with E-state index in [9.17, 15) is 14.4 Å². The van der Waals surface area contributed by atoms with Gasteiger partial charge < -0.3 is 5.32 Å². The molecule has 2 aliphatic carbocycles. The van der Waals surface area contributed by atoms with Crippen molar-refractivity contribution in [1.29, 1.82) is 0 Å². The fourth-order valence-corrected chi connectivity index (χ4v) is 3.29. The number of carbonyl (C=O) groups excluding carboxylic acids is 3. The van der Waals surface area contributed by atoms with Crippen molar-refractivity contribution in [2.45, 2.75) is 6.42 Å². The monoisotopic (exact) mass is 292 g/mol. The number of hydrogen-bond acceptors (Lipinski definition) is 5. The molecule has 4 rings (SSSR count). The SMILES string of the molecule is O=C1C=CC2(C=C1)CCNC1=C2C(=O)c2ncccc2C1=O. The molecule has 0 fully saturated rings. The predicted octanol–water partition coefficient (Wildman–Crippen LogP) is 1.39. The van der Waals surface area contributed by atoms with E-state index < -0.39 is 5.41 Å². The van der Waals surface area contributed by atoms with Gasteiger partial charge in [0.25, 0.3) is 0 Å². The Morgan fingerprint density at radius 3 is 2.64 bits per heavy atom. The lowest BCUT2D eigenvalue weighted by atomic mass is 9.67. The summed E-state index contributed by atoms with van der Waals surface area (Å²) in [5.41, 5.74) is 0.551. The van der Waals surface area contributed by atoms with Crippen molar-refractivity contribution in [3.8, 4) is 0 Å². The maximum atomic E-state index is 12.9. The average molecular weight is 292 g/mol. The van der Waals surface area contributed by atoms with Crippen LogP contribution in [-0.4, -0.2) is 28.9 Å². The highest BCUT2D eigenvalue weighted by Gasteiger charge is 2.45. The molecule has 0 radical (unpaired) electrons. The normalized spacial score (nSPS) is 21.7. The Labute approximate surface area is 126 Å². The minimum atomic E-state index is -0.698. The number of hydrogen-bond donors (Lipinski definition) is 1. The number of nitrogens with one attached hydrogen (secondary N) is 1. The predicted molar refractivity (Wildman–Crippen MR) is 78.3 cm³/mol. The number of fused-ring (bicyclic) bond motifs is 2. The largest absolute Gasteiger partial charge is 0.381 e. The van der Waals surface area contributed by atoms with Crippen LogP contribution in [0, 0.1) is 5.41 Å². The first-order valence-electron chi connectivity index (χ1n) is 7.08. The maximum Gasteiger partial charge on any atom is 0.211 e. The Kier molecular flexibility index (Phi) is 2.54. The minimum Gasteiger partial charge on any atom is -0.381 e. The van der Waals surface area contributed by atoms with Gasteiger partial charge in [-0.2, -0.15) is 0 Å². The van der Waals surface area contributed by atoms with Crippen LogP contribution in [-0.2, 0) is 4.79 Å². The molecule has 1 aliphatic heterocycles. The van der Waals surface area contributed by atoms with Crippen molar-refractivity contribution in [3.63, 3.8) is 0 Å². The van der Waals surface area contributed by atoms with Crippen molar-refractivity contribution in [1.82, 2.24) is 10.3 Å². The molecule has 0 atom stereocenters. The number of allylic oxidation sites excluding steroid dienone is 6. The van der Waals surface area contributed by atoms with Gasteiger partial charge in [-0.05, 0) is 30.7 Å². The summed E-state index contributed by atoms with van der Waals surface area (Å²) in [6.07, 6.45) is 8.50. The van der Waals surface area contributed by atoms with Crippen molar-refractivity contribution in [3.05, 3.63) is 65.2 Å². The second-order valence-corrected chi connectivity index (χ2v) is 5.59. The summed E-state index contributed by atoms with van der Waals surface area (Å²) in [4.78, 5) is 41.1. The summed E-state index contributed by atoms with van der Waals surface area (Å²) in [5, 5.41) is 3.05. The molecular formula is C17H12N2O3. The smallest absolute Gasteiger partial charge is 0.211 e. The fraction of sp³-hybridized carbons (Fsp3) is 0.176. The summed E-state index contributed by atoms with van der Waals surface area (Å²) < 4.78 is 0. The second kappa shape index (κ2) is 4.34. The molecule has 1 aromatic heterocycles. The van der Waals surface area contributed by atoms with Crippen LogP contribution in [0.15, 0.2) is 53.9 Å². The minimum absolute atomic E-state index is 0.112. The topological polar surface area (TPSA) is 76.1 Å². The Balaban J connectivity index is 1.96. The van der Waals surface area contributed by atoms with E-state index in [4.69, 9.17) is 0 Å². The fourth-order valence-electron chi connectivity index (χ4n) is 3.29. The quantitative estimate of drug-likeness (QED) is 0.782. The summed E-state index contributed by atoms with van der Waals surface area (Å²) in [6.45, 7) is 0.566. The van der Waals surface area contributed by atoms with Crippen molar-refractivity contribution in [2.24, 2.45) is 5.41 Å². The summed E-state index contributed by atoms with van der Waals surface area (Å²) in [6, 6.07) is 3.26. The Morgan fingerprint density at radius 2 is 1.86 bits per heavy atom. The molecule has 0 saturated carbocycles. The summed E-state index contributed by atoms with van der Waals surface area (Å²) >= 11 is 0. The van der Waals surface area contributed by atoms with E-state index >= 15 is 0 Å². The van der Waals surface area contributed by atoms with E-state index in [0.29, 0.717) is 29.8 Å². The van der Waals surface area contributed by atoms with Gasteiger partial charge in [0, 0.05) is 23.7 Å². The van der Waals surface area contributed by atoms with E-state index in [2.05, 4.69) is 10.3 Å². The first-order valence-corrected chi connectivity index (χ1v) is 7.08.